The average Bonchev–Trinajstić information content (AvgIpc) is 2.55. The number of carbonyl (C=O) groups is 1. The van der Waals surface area contributed by atoms with Crippen LogP contribution in [0.1, 0.15) is 18.4 Å². The van der Waals surface area contributed by atoms with Gasteiger partial charge in [0.1, 0.15) is 11.6 Å². The fourth-order valence-electron chi connectivity index (χ4n) is 3.31. The minimum absolute atomic E-state index is 0.0537. The van der Waals surface area contributed by atoms with Gasteiger partial charge in [0.15, 0.2) is 0 Å². The molecule has 7 heteroatoms. The number of urea groups is 1. The Morgan fingerprint density at radius 1 is 1.17 bits per heavy atom. The number of likely N-dealkylation sites (tertiary alicyclic amines) is 1. The number of benzene rings is 1. The Morgan fingerprint density at radius 2 is 1.88 bits per heavy atom. The standard InChI is InChI=1S/C17H23F2N3O2/c18-14-8-13(9-15(19)10-14)11-21-3-1-2-16(12-21)20-17(23)22-4-6-24-7-5-22/h8-10,16H,1-7,11-12H2,(H,20,23). The molecule has 0 spiro atoms. The fourth-order valence-corrected chi connectivity index (χ4v) is 3.31. The summed E-state index contributed by atoms with van der Waals surface area (Å²) in [6, 6.07) is 3.61. The van der Waals surface area contributed by atoms with Gasteiger partial charge < -0.3 is 15.0 Å². The molecule has 1 aromatic carbocycles. The Labute approximate surface area is 140 Å². The third kappa shape index (κ3) is 4.64. The molecule has 2 aliphatic rings. The minimum atomic E-state index is -0.556. The van der Waals surface area contributed by atoms with Crippen molar-refractivity contribution < 1.29 is 18.3 Å². The van der Waals surface area contributed by atoms with Crippen molar-refractivity contribution in [2.24, 2.45) is 0 Å². The predicted octanol–water partition coefficient (Wildman–Crippen LogP) is 1.97. The number of hydrogen-bond donors (Lipinski definition) is 1. The van der Waals surface area contributed by atoms with E-state index >= 15 is 0 Å². The number of hydrogen-bond acceptors (Lipinski definition) is 3. The van der Waals surface area contributed by atoms with Gasteiger partial charge in [-0.3, -0.25) is 4.90 Å². The van der Waals surface area contributed by atoms with E-state index in [0.29, 0.717) is 45.0 Å². The molecule has 2 amide bonds. The highest BCUT2D eigenvalue weighted by molar-refractivity contribution is 5.74. The lowest BCUT2D eigenvalue weighted by Crippen LogP contribution is -2.53. The van der Waals surface area contributed by atoms with Gasteiger partial charge in [-0.25, -0.2) is 13.6 Å². The van der Waals surface area contributed by atoms with Crippen molar-refractivity contribution in [2.75, 3.05) is 39.4 Å². The van der Waals surface area contributed by atoms with E-state index in [1.54, 1.807) is 4.90 Å². The normalized spacial score (nSPS) is 22.4. The van der Waals surface area contributed by atoms with E-state index in [0.717, 1.165) is 25.5 Å². The smallest absolute Gasteiger partial charge is 0.317 e. The largest absolute Gasteiger partial charge is 0.378 e. The second kappa shape index (κ2) is 7.90. The molecule has 0 radical (unpaired) electrons. The van der Waals surface area contributed by atoms with E-state index in [1.807, 2.05) is 0 Å². The van der Waals surface area contributed by atoms with Crippen molar-refractivity contribution in [3.8, 4) is 0 Å². The van der Waals surface area contributed by atoms with Gasteiger partial charge in [-0.05, 0) is 37.1 Å². The highest BCUT2D eigenvalue weighted by Gasteiger charge is 2.24. The molecular formula is C17H23F2N3O2. The van der Waals surface area contributed by atoms with Crippen LogP contribution in [0.15, 0.2) is 18.2 Å². The quantitative estimate of drug-likeness (QED) is 0.916. The molecule has 0 saturated carbocycles. The van der Waals surface area contributed by atoms with Crippen molar-refractivity contribution in [3.05, 3.63) is 35.4 Å². The minimum Gasteiger partial charge on any atom is -0.378 e. The molecule has 2 fully saturated rings. The molecule has 1 aromatic rings. The van der Waals surface area contributed by atoms with Crippen molar-refractivity contribution in [3.63, 3.8) is 0 Å². The molecule has 2 aliphatic heterocycles. The molecule has 2 heterocycles. The SMILES string of the molecule is O=C(NC1CCCN(Cc2cc(F)cc(F)c2)C1)N1CCOCC1. The van der Waals surface area contributed by atoms with Gasteiger partial charge in [0, 0.05) is 38.3 Å². The molecule has 1 atom stereocenters. The average molecular weight is 339 g/mol. The summed E-state index contributed by atoms with van der Waals surface area (Å²) in [5, 5.41) is 3.07. The molecule has 2 saturated heterocycles. The Morgan fingerprint density at radius 3 is 2.58 bits per heavy atom. The number of morpholine rings is 1. The Kier molecular flexibility index (Phi) is 5.63. The maximum atomic E-state index is 13.3. The highest BCUT2D eigenvalue weighted by Crippen LogP contribution is 2.16. The Balaban J connectivity index is 1.53. The van der Waals surface area contributed by atoms with Crippen molar-refractivity contribution >= 4 is 6.03 Å². The summed E-state index contributed by atoms with van der Waals surface area (Å²) in [7, 11) is 0. The number of rotatable bonds is 3. The summed E-state index contributed by atoms with van der Waals surface area (Å²) in [5.74, 6) is -1.11. The van der Waals surface area contributed by atoms with Crippen LogP contribution in [0.25, 0.3) is 0 Å². The molecule has 1 unspecified atom stereocenters. The van der Waals surface area contributed by atoms with Crippen LogP contribution in [0, 0.1) is 11.6 Å². The summed E-state index contributed by atoms with van der Waals surface area (Å²) in [6.45, 7) is 4.43. The molecule has 0 aliphatic carbocycles. The van der Waals surface area contributed by atoms with Crippen LogP contribution in [0.4, 0.5) is 13.6 Å². The monoisotopic (exact) mass is 339 g/mol. The first-order valence-corrected chi connectivity index (χ1v) is 8.40. The van der Waals surface area contributed by atoms with Crippen LogP contribution in [-0.4, -0.2) is 61.3 Å². The lowest BCUT2D eigenvalue weighted by Gasteiger charge is -2.35. The third-order valence-corrected chi connectivity index (χ3v) is 4.46. The zero-order valence-electron chi connectivity index (χ0n) is 13.6. The summed E-state index contributed by atoms with van der Waals surface area (Å²) >= 11 is 0. The maximum Gasteiger partial charge on any atom is 0.317 e. The summed E-state index contributed by atoms with van der Waals surface area (Å²) in [5.41, 5.74) is 0.618. The van der Waals surface area contributed by atoms with Gasteiger partial charge in [-0.1, -0.05) is 0 Å². The number of amides is 2. The number of nitrogens with one attached hydrogen (secondary N) is 1. The lowest BCUT2D eigenvalue weighted by molar-refractivity contribution is 0.0513. The summed E-state index contributed by atoms with van der Waals surface area (Å²) in [6.07, 6.45) is 1.87. The zero-order chi connectivity index (χ0) is 16.9. The van der Waals surface area contributed by atoms with Crippen LogP contribution in [-0.2, 0) is 11.3 Å². The molecule has 0 bridgehead atoms. The first-order chi connectivity index (χ1) is 11.6. The number of halogens is 2. The van der Waals surface area contributed by atoms with Crippen molar-refractivity contribution in [2.45, 2.75) is 25.4 Å². The molecule has 1 N–H and O–H groups in total. The summed E-state index contributed by atoms with van der Waals surface area (Å²) in [4.78, 5) is 16.2. The van der Waals surface area contributed by atoms with E-state index in [-0.39, 0.29) is 12.1 Å². The lowest BCUT2D eigenvalue weighted by atomic mass is 10.0. The van der Waals surface area contributed by atoms with Crippen LogP contribution < -0.4 is 5.32 Å². The van der Waals surface area contributed by atoms with E-state index in [1.165, 1.54) is 12.1 Å². The Bertz CT molecular complexity index is 559. The molecule has 5 nitrogen and oxygen atoms in total. The van der Waals surface area contributed by atoms with E-state index in [9.17, 15) is 13.6 Å². The number of carbonyl (C=O) groups excluding carboxylic acids is 1. The molecule has 0 aromatic heterocycles. The van der Waals surface area contributed by atoms with Gasteiger partial charge in [-0.15, -0.1) is 0 Å². The van der Waals surface area contributed by atoms with Gasteiger partial charge in [0.2, 0.25) is 0 Å². The van der Waals surface area contributed by atoms with E-state index in [2.05, 4.69) is 10.2 Å². The zero-order valence-corrected chi connectivity index (χ0v) is 13.6. The van der Waals surface area contributed by atoms with Gasteiger partial charge in [0.25, 0.3) is 0 Å². The van der Waals surface area contributed by atoms with E-state index in [4.69, 9.17) is 4.74 Å². The molecular weight excluding hydrogens is 316 g/mol. The predicted molar refractivity (Wildman–Crippen MR) is 85.6 cm³/mol. The molecule has 24 heavy (non-hydrogen) atoms. The molecule has 132 valence electrons. The van der Waals surface area contributed by atoms with Crippen molar-refractivity contribution in [1.82, 2.24) is 15.1 Å². The Hall–Kier alpha value is -1.73. The van der Waals surface area contributed by atoms with Gasteiger partial charge >= 0.3 is 6.03 Å². The number of piperidine rings is 1. The second-order valence-electron chi connectivity index (χ2n) is 6.40. The summed E-state index contributed by atoms with van der Waals surface area (Å²) < 4.78 is 31.9. The van der Waals surface area contributed by atoms with Gasteiger partial charge in [-0.2, -0.15) is 0 Å². The van der Waals surface area contributed by atoms with E-state index < -0.39 is 11.6 Å². The first-order valence-electron chi connectivity index (χ1n) is 8.40. The van der Waals surface area contributed by atoms with Crippen LogP contribution >= 0.6 is 0 Å². The molecule has 3 rings (SSSR count). The topological polar surface area (TPSA) is 44.8 Å². The van der Waals surface area contributed by atoms with Crippen LogP contribution in [0.3, 0.4) is 0 Å². The fraction of sp³-hybridized carbons (Fsp3) is 0.588. The van der Waals surface area contributed by atoms with Crippen molar-refractivity contribution in [1.29, 1.82) is 0 Å². The number of ether oxygens (including phenoxy) is 1. The second-order valence-corrected chi connectivity index (χ2v) is 6.40. The first kappa shape index (κ1) is 17.1. The van der Waals surface area contributed by atoms with Crippen LogP contribution in [0.2, 0.25) is 0 Å². The maximum absolute atomic E-state index is 13.3. The number of nitrogens with zero attached hydrogens (tertiary/aromatic N) is 2. The third-order valence-electron chi connectivity index (χ3n) is 4.46. The highest BCUT2D eigenvalue weighted by atomic mass is 19.1. The van der Waals surface area contributed by atoms with Crippen LogP contribution in [0.5, 0.6) is 0 Å². The van der Waals surface area contributed by atoms with Gasteiger partial charge in [0.05, 0.1) is 13.2 Å².